The van der Waals surface area contributed by atoms with Crippen LogP contribution in [0.25, 0.3) is 11.2 Å². The fourth-order valence-corrected chi connectivity index (χ4v) is 2.44. The van der Waals surface area contributed by atoms with Gasteiger partial charge in [0.25, 0.3) is 0 Å². The quantitative estimate of drug-likeness (QED) is 0.778. The third-order valence-electron chi connectivity index (χ3n) is 3.22. The number of aromatic nitrogens is 3. The first-order valence-corrected chi connectivity index (χ1v) is 6.76. The molecule has 0 aromatic carbocycles. The topological polar surface area (TPSA) is 39.9 Å². The summed E-state index contributed by atoms with van der Waals surface area (Å²) in [4.78, 5) is 9.04. The molecule has 0 atom stereocenters. The number of nitrogens with zero attached hydrogens (tertiary/aromatic N) is 3. The van der Waals surface area contributed by atoms with E-state index < -0.39 is 0 Å². The van der Waals surface area contributed by atoms with Crippen molar-refractivity contribution >= 4 is 22.8 Å². The number of rotatable bonds is 5. The van der Waals surface area contributed by atoms with Crippen molar-refractivity contribution < 1.29 is 4.74 Å². The third-order valence-corrected chi connectivity index (χ3v) is 3.46. The zero-order valence-electron chi connectivity index (χ0n) is 11.0. The van der Waals surface area contributed by atoms with E-state index in [4.69, 9.17) is 16.3 Å². The summed E-state index contributed by atoms with van der Waals surface area (Å²) in [5.74, 6) is 1.88. The molecule has 0 N–H and O–H groups in total. The van der Waals surface area contributed by atoms with Gasteiger partial charge in [0.05, 0.1) is 13.0 Å². The van der Waals surface area contributed by atoms with E-state index in [0.29, 0.717) is 17.8 Å². The Balaban J connectivity index is 2.65. The molecule has 0 bridgehead atoms. The van der Waals surface area contributed by atoms with Gasteiger partial charge >= 0.3 is 0 Å². The maximum atomic E-state index is 5.99. The molecule has 4 nitrogen and oxygen atoms in total. The minimum atomic E-state index is 0.378. The van der Waals surface area contributed by atoms with Crippen LogP contribution in [0.5, 0.6) is 5.88 Å². The van der Waals surface area contributed by atoms with Gasteiger partial charge in [0.15, 0.2) is 5.65 Å². The second kappa shape index (κ2) is 5.57. The normalized spacial score (nSPS) is 11.4. The molecule has 2 heterocycles. The lowest BCUT2D eigenvalue weighted by atomic mass is 10.1. The first-order valence-electron chi connectivity index (χ1n) is 6.22. The van der Waals surface area contributed by atoms with Crippen molar-refractivity contribution in [1.29, 1.82) is 0 Å². The Morgan fingerprint density at radius 1 is 1.28 bits per heavy atom. The van der Waals surface area contributed by atoms with Crippen molar-refractivity contribution in [3.05, 3.63) is 18.0 Å². The second-order valence-electron chi connectivity index (χ2n) is 4.20. The summed E-state index contributed by atoms with van der Waals surface area (Å²) < 4.78 is 7.33. The van der Waals surface area contributed by atoms with Gasteiger partial charge in [0.2, 0.25) is 5.88 Å². The zero-order valence-corrected chi connectivity index (χ0v) is 11.7. The molecule has 5 heteroatoms. The molecule has 2 aromatic rings. The molecule has 0 aliphatic carbocycles. The van der Waals surface area contributed by atoms with E-state index in [1.54, 1.807) is 7.11 Å². The Kier molecular flexibility index (Phi) is 4.07. The van der Waals surface area contributed by atoms with E-state index in [2.05, 4.69) is 28.4 Å². The van der Waals surface area contributed by atoms with Gasteiger partial charge in [-0.25, -0.2) is 4.98 Å². The van der Waals surface area contributed by atoms with Gasteiger partial charge in [0, 0.05) is 12.1 Å². The predicted octanol–water partition coefficient (Wildman–Crippen LogP) is 3.54. The molecule has 0 aliphatic rings. The smallest absolute Gasteiger partial charge is 0.215 e. The maximum Gasteiger partial charge on any atom is 0.215 e. The van der Waals surface area contributed by atoms with E-state index in [0.717, 1.165) is 29.8 Å². The molecule has 2 rings (SSSR count). The van der Waals surface area contributed by atoms with E-state index in [1.165, 1.54) is 0 Å². The van der Waals surface area contributed by atoms with Crippen LogP contribution in [-0.2, 0) is 5.88 Å². The van der Waals surface area contributed by atoms with E-state index in [1.807, 2.05) is 12.1 Å². The van der Waals surface area contributed by atoms with Gasteiger partial charge in [-0.05, 0) is 18.9 Å². The van der Waals surface area contributed by atoms with Crippen LogP contribution in [0.15, 0.2) is 12.1 Å². The highest BCUT2D eigenvalue weighted by Gasteiger charge is 2.17. The molecular formula is C13H18ClN3O. The Morgan fingerprint density at radius 3 is 2.56 bits per heavy atom. The van der Waals surface area contributed by atoms with Gasteiger partial charge in [-0.3, -0.25) is 0 Å². The number of imidazole rings is 1. The molecule has 0 unspecified atom stereocenters. The van der Waals surface area contributed by atoms with E-state index in [9.17, 15) is 0 Å². The van der Waals surface area contributed by atoms with Crippen molar-refractivity contribution in [3.8, 4) is 5.88 Å². The Bertz CT molecular complexity index is 534. The van der Waals surface area contributed by atoms with Gasteiger partial charge in [-0.15, -0.1) is 11.6 Å². The molecule has 0 aliphatic heterocycles. The van der Waals surface area contributed by atoms with E-state index in [-0.39, 0.29) is 0 Å². The fraction of sp³-hybridized carbons (Fsp3) is 0.538. The number of pyridine rings is 1. The monoisotopic (exact) mass is 267 g/mol. The number of methoxy groups -OCH3 is 1. The second-order valence-corrected chi connectivity index (χ2v) is 4.47. The summed E-state index contributed by atoms with van der Waals surface area (Å²) >= 11 is 5.99. The van der Waals surface area contributed by atoms with Crippen molar-refractivity contribution in [2.24, 2.45) is 0 Å². The maximum absolute atomic E-state index is 5.99. The Morgan fingerprint density at radius 2 is 2.00 bits per heavy atom. The minimum Gasteiger partial charge on any atom is -0.481 e. The minimum absolute atomic E-state index is 0.378. The van der Waals surface area contributed by atoms with Crippen LogP contribution in [0.4, 0.5) is 0 Å². The van der Waals surface area contributed by atoms with Crippen LogP contribution in [0.1, 0.15) is 38.6 Å². The van der Waals surface area contributed by atoms with Crippen LogP contribution < -0.4 is 4.74 Å². The molecule has 2 aromatic heterocycles. The van der Waals surface area contributed by atoms with Crippen molar-refractivity contribution in [3.63, 3.8) is 0 Å². The summed E-state index contributed by atoms with van der Waals surface area (Å²) in [6.07, 6.45) is 2.06. The molecule has 98 valence electrons. The summed E-state index contributed by atoms with van der Waals surface area (Å²) in [5, 5.41) is 0. The fourth-order valence-electron chi connectivity index (χ4n) is 2.25. The zero-order chi connectivity index (χ0) is 13.1. The summed E-state index contributed by atoms with van der Waals surface area (Å²) in [7, 11) is 1.62. The number of fused-ring (bicyclic) bond motifs is 1. The molecule has 0 amide bonds. The van der Waals surface area contributed by atoms with Crippen LogP contribution >= 0.6 is 11.6 Å². The lowest BCUT2D eigenvalue weighted by molar-refractivity contribution is 0.397. The van der Waals surface area contributed by atoms with Crippen LogP contribution in [0, 0.1) is 0 Å². The van der Waals surface area contributed by atoms with Crippen molar-refractivity contribution in [2.75, 3.05) is 7.11 Å². The largest absolute Gasteiger partial charge is 0.481 e. The van der Waals surface area contributed by atoms with Crippen molar-refractivity contribution in [1.82, 2.24) is 14.5 Å². The van der Waals surface area contributed by atoms with Crippen molar-refractivity contribution in [2.45, 2.75) is 38.6 Å². The summed E-state index contributed by atoms with van der Waals surface area (Å²) in [6.45, 7) is 4.33. The average Bonchev–Trinajstić information content (AvgIpc) is 2.78. The van der Waals surface area contributed by atoms with Crippen LogP contribution in [-0.4, -0.2) is 21.6 Å². The molecule has 0 saturated carbocycles. The van der Waals surface area contributed by atoms with E-state index >= 15 is 0 Å². The summed E-state index contributed by atoms with van der Waals surface area (Å²) in [6, 6.07) is 4.13. The Hall–Kier alpha value is -1.29. The molecule has 0 saturated heterocycles. The number of halogens is 1. The third kappa shape index (κ3) is 2.17. The molecule has 0 radical (unpaired) electrons. The van der Waals surface area contributed by atoms with Crippen LogP contribution in [0.3, 0.4) is 0 Å². The standard InChI is InChI=1S/C13H18ClN3O/c1-4-9(5-2)17-11(8-14)15-10-6-7-12(18-3)16-13(10)17/h6-7,9H,4-5,8H2,1-3H3. The average molecular weight is 268 g/mol. The Labute approximate surface area is 112 Å². The van der Waals surface area contributed by atoms with Crippen LogP contribution in [0.2, 0.25) is 0 Å². The first kappa shape index (κ1) is 13.1. The molecule has 18 heavy (non-hydrogen) atoms. The lowest BCUT2D eigenvalue weighted by Gasteiger charge is -2.17. The number of alkyl halides is 1. The number of ether oxygens (including phenoxy) is 1. The first-order chi connectivity index (χ1) is 8.74. The van der Waals surface area contributed by atoms with Gasteiger partial charge in [-0.2, -0.15) is 4.98 Å². The summed E-state index contributed by atoms with van der Waals surface area (Å²) in [5.41, 5.74) is 1.73. The highest BCUT2D eigenvalue weighted by atomic mass is 35.5. The number of hydrogen-bond acceptors (Lipinski definition) is 3. The molecule has 0 fully saturated rings. The van der Waals surface area contributed by atoms with Gasteiger partial charge in [0.1, 0.15) is 11.3 Å². The molecule has 0 spiro atoms. The lowest BCUT2D eigenvalue weighted by Crippen LogP contribution is -2.10. The SMILES string of the molecule is CCC(CC)n1c(CCl)nc2ccc(OC)nc21. The van der Waals surface area contributed by atoms with Gasteiger partial charge in [-0.1, -0.05) is 13.8 Å². The highest BCUT2D eigenvalue weighted by Crippen LogP contribution is 2.26. The number of hydrogen-bond donors (Lipinski definition) is 0. The van der Waals surface area contributed by atoms with Gasteiger partial charge < -0.3 is 9.30 Å². The predicted molar refractivity (Wildman–Crippen MR) is 73.3 cm³/mol. The molecular weight excluding hydrogens is 250 g/mol. The highest BCUT2D eigenvalue weighted by molar-refractivity contribution is 6.16.